The molecular weight excluding hydrogens is 291 g/mol. The fourth-order valence-electron chi connectivity index (χ4n) is 1.58. The summed E-state index contributed by atoms with van der Waals surface area (Å²) in [7, 11) is 0. The van der Waals surface area contributed by atoms with Crippen LogP contribution in [0.5, 0.6) is 0 Å². The van der Waals surface area contributed by atoms with Crippen LogP contribution in [0.2, 0.25) is 0 Å². The van der Waals surface area contributed by atoms with E-state index in [1.807, 2.05) is 36.4 Å². The number of hydrogen-bond acceptors (Lipinski definition) is 1. The summed E-state index contributed by atoms with van der Waals surface area (Å²) in [6.07, 6.45) is 0.0746. The van der Waals surface area contributed by atoms with Crippen molar-refractivity contribution in [2.45, 2.75) is 6.10 Å². The maximum atomic E-state index is 5.61. The molecule has 1 nitrogen and oxygen atoms in total. The van der Waals surface area contributed by atoms with Gasteiger partial charge >= 0.3 is 104 Å². The molecule has 0 fully saturated rings. The molecule has 0 atom stereocenters. The summed E-state index contributed by atoms with van der Waals surface area (Å²) in [6.45, 7) is 0. The molecule has 0 amide bonds. The van der Waals surface area contributed by atoms with Crippen molar-refractivity contribution >= 4 is 22.9 Å². The second-order valence-electron chi connectivity index (χ2n) is 3.32. The Hall–Kier alpha value is -0.801. The molecule has 73 valence electrons. The van der Waals surface area contributed by atoms with Gasteiger partial charge in [0.25, 0.3) is 0 Å². The van der Waals surface area contributed by atoms with Gasteiger partial charge in [-0.2, -0.15) is 0 Å². The van der Waals surface area contributed by atoms with Crippen LogP contribution in [0, 0.1) is 0 Å². The van der Waals surface area contributed by atoms with Crippen molar-refractivity contribution in [3.8, 4) is 0 Å². The molecule has 0 bridgehead atoms. The van der Waals surface area contributed by atoms with Gasteiger partial charge in [-0.15, -0.1) is 0 Å². The Morgan fingerprint density at radius 1 is 0.733 bits per heavy atom. The van der Waals surface area contributed by atoms with E-state index in [0.717, 1.165) is 22.9 Å². The molecule has 0 saturated carbocycles. The van der Waals surface area contributed by atoms with Crippen LogP contribution in [-0.2, 0) is 3.07 Å². The quantitative estimate of drug-likeness (QED) is 0.792. The van der Waals surface area contributed by atoms with E-state index in [2.05, 4.69) is 24.3 Å². The second kappa shape index (κ2) is 5.33. The number of benzene rings is 2. The minimum absolute atomic E-state index is 0.0746. The molecule has 3 radical (unpaired) electrons. The standard InChI is InChI=1S/C13H11O.Sn/c14-13(11-7-3-1-4-8-11)12-9-5-2-6-10-12;/h1-10,13H;/q-1;+1. The average Bonchev–Trinajstić information content (AvgIpc) is 2.33. The number of rotatable bonds is 3. The third-order valence-electron chi connectivity index (χ3n) is 2.32. The zero-order valence-electron chi connectivity index (χ0n) is 8.26. The molecule has 15 heavy (non-hydrogen) atoms. The van der Waals surface area contributed by atoms with Crippen molar-refractivity contribution in [1.29, 1.82) is 0 Å². The molecule has 0 N–H and O–H groups in total. The van der Waals surface area contributed by atoms with Gasteiger partial charge in [0.05, 0.1) is 0 Å². The van der Waals surface area contributed by atoms with E-state index in [9.17, 15) is 0 Å². The SMILES string of the molecule is [Sn][O]C(c1ccccc1)c1ccccc1. The van der Waals surface area contributed by atoms with Gasteiger partial charge in [0.15, 0.2) is 0 Å². The van der Waals surface area contributed by atoms with Gasteiger partial charge in [-0.25, -0.2) is 0 Å². The Morgan fingerprint density at radius 2 is 1.13 bits per heavy atom. The van der Waals surface area contributed by atoms with Gasteiger partial charge in [-0.3, -0.25) is 0 Å². The molecule has 0 spiro atoms. The summed E-state index contributed by atoms with van der Waals surface area (Å²) in [5.74, 6) is 0. The van der Waals surface area contributed by atoms with Gasteiger partial charge in [-0.05, 0) is 0 Å². The van der Waals surface area contributed by atoms with E-state index < -0.39 is 0 Å². The van der Waals surface area contributed by atoms with Gasteiger partial charge in [0.1, 0.15) is 0 Å². The number of hydrogen-bond donors (Lipinski definition) is 0. The summed E-state index contributed by atoms with van der Waals surface area (Å²) in [4.78, 5) is 0. The fourth-order valence-corrected chi connectivity index (χ4v) is 2.36. The Kier molecular flexibility index (Phi) is 3.80. The molecule has 2 rings (SSSR count). The predicted molar refractivity (Wildman–Crippen MR) is 61.6 cm³/mol. The van der Waals surface area contributed by atoms with E-state index >= 15 is 0 Å². The van der Waals surface area contributed by atoms with Crippen molar-refractivity contribution < 1.29 is 3.07 Å². The van der Waals surface area contributed by atoms with Crippen LogP contribution in [0.1, 0.15) is 17.2 Å². The zero-order chi connectivity index (χ0) is 10.5. The first-order chi connectivity index (χ1) is 7.42. The summed E-state index contributed by atoms with van der Waals surface area (Å²) >= 11 is 1.09. The average molecular weight is 302 g/mol. The first kappa shape index (κ1) is 10.7. The molecule has 0 aliphatic carbocycles. The molecule has 0 saturated heterocycles. The molecule has 0 aromatic heterocycles. The predicted octanol–water partition coefficient (Wildman–Crippen LogP) is 2.88. The summed E-state index contributed by atoms with van der Waals surface area (Å²) in [5.41, 5.74) is 2.42. The van der Waals surface area contributed by atoms with Crippen LogP contribution >= 0.6 is 0 Å². The molecule has 0 aliphatic heterocycles. The Bertz CT molecular complexity index is 360. The van der Waals surface area contributed by atoms with Gasteiger partial charge in [0, 0.05) is 0 Å². The molecule has 0 aliphatic rings. The minimum atomic E-state index is 0.0746. The normalized spacial score (nSPS) is 10.5. The third-order valence-corrected chi connectivity index (χ3v) is 3.00. The van der Waals surface area contributed by atoms with Crippen molar-refractivity contribution in [2.75, 3.05) is 0 Å². The van der Waals surface area contributed by atoms with Crippen LogP contribution in [0.15, 0.2) is 60.7 Å². The summed E-state index contributed by atoms with van der Waals surface area (Å²) < 4.78 is 5.61. The maximum absolute atomic E-state index is 5.61. The van der Waals surface area contributed by atoms with E-state index in [1.54, 1.807) is 0 Å². The van der Waals surface area contributed by atoms with Crippen molar-refractivity contribution in [3.63, 3.8) is 0 Å². The monoisotopic (exact) mass is 303 g/mol. The molecule has 0 heterocycles. The summed E-state index contributed by atoms with van der Waals surface area (Å²) in [6, 6.07) is 20.6. The van der Waals surface area contributed by atoms with Gasteiger partial charge < -0.3 is 0 Å². The van der Waals surface area contributed by atoms with Gasteiger partial charge in [-0.1, -0.05) is 0 Å². The van der Waals surface area contributed by atoms with Crippen molar-refractivity contribution in [3.05, 3.63) is 71.8 Å². The van der Waals surface area contributed by atoms with Crippen LogP contribution in [0.3, 0.4) is 0 Å². The molecule has 2 heteroatoms. The molecule has 2 aromatic carbocycles. The Labute approximate surface area is 104 Å². The topological polar surface area (TPSA) is 9.23 Å². The Balaban J connectivity index is 2.34. The van der Waals surface area contributed by atoms with Crippen molar-refractivity contribution in [1.82, 2.24) is 0 Å². The second-order valence-corrected chi connectivity index (χ2v) is 3.99. The van der Waals surface area contributed by atoms with E-state index in [1.165, 1.54) is 11.1 Å². The van der Waals surface area contributed by atoms with Crippen LogP contribution < -0.4 is 0 Å². The van der Waals surface area contributed by atoms with Crippen LogP contribution in [0.4, 0.5) is 0 Å². The first-order valence-electron chi connectivity index (χ1n) is 4.84. The third kappa shape index (κ3) is 2.61. The molecular formula is C13H11OSn. The fraction of sp³-hybridized carbons (Fsp3) is 0.0769. The first-order valence-corrected chi connectivity index (χ1v) is 6.00. The van der Waals surface area contributed by atoms with Gasteiger partial charge in [0.2, 0.25) is 0 Å². The van der Waals surface area contributed by atoms with E-state index in [4.69, 9.17) is 3.07 Å². The van der Waals surface area contributed by atoms with Crippen molar-refractivity contribution in [2.24, 2.45) is 0 Å². The van der Waals surface area contributed by atoms with Crippen LogP contribution in [-0.4, -0.2) is 22.9 Å². The summed E-state index contributed by atoms with van der Waals surface area (Å²) in [5, 5.41) is 0. The van der Waals surface area contributed by atoms with E-state index in [-0.39, 0.29) is 6.10 Å². The molecule has 0 unspecified atom stereocenters. The zero-order valence-corrected chi connectivity index (χ0v) is 11.1. The van der Waals surface area contributed by atoms with Crippen LogP contribution in [0.25, 0.3) is 0 Å². The van der Waals surface area contributed by atoms with E-state index in [0.29, 0.717) is 0 Å². The molecule has 2 aromatic rings. The Morgan fingerprint density at radius 3 is 1.47 bits per heavy atom.